The number of rotatable bonds is 6. The summed E-state index contributed by atoms with van der Waals surface area (Å²) < 4.78 is 5.18. The van der Waals surface area contributed by atoms with E-state index in [1.165, 1.54) is 0 Å². The zero-order valence-corrected chi connectivity index (χ0v) is 17.6. The molecule has 0 spiro atoms. The van der Waals surface area contributed by atoms with Crippen molar-refractivity contribution in [1.29, 1.82) is 0 Å². The third-order valence-corrected chi connectivity index (χ3v) is 5.42. The maximum atomic E-state index is 13.2. The summed E-state index contributed by atoms with van der Waals surface area (Å²) in [6.07, 6.45) is 0.804. The molecule has 3 aromatic carbocycles. The van der Waals surface area contributed by atoms with E-state index in [1.807, 2.05) is 72.8 Å². The smallest absolute Gasteiger partial charge is 0.251 e. The van der Waals surface area contributed by atoms with Gasteiger partial charge in [0.25, 0.3) is 5.91 Å². The molecule has 0 fully saturated rings. The van der Waals surface area contributed by atoms with Crippen molar-refractivity contribution in [3.05, 3.63) is 83.9 Å². The molecule has 1 aliphatic rings. The van der Waals surface area contributed by atoms with Crippen LogP contribution in [0.25, 0.3) is 0 Å². The minimum atomic E-state index is -0.577. The Labute approximate surface area is 181 Å². The molecule has 0 saturated carbocycles. The minimum absolute atomic E-state index is 0.0421. The fourth-order valence-electron chi connectivity index (χ4n) is 3.82. The molecular formula is C25H25N3O3. The van der Waals surface area contributed by atoms with E-state index in [0.717, 1.165) is 34.7 Å². The summed E-state index contributed by atoms with van der Waals surface area (Å²) in [4.78, 5) is 26.8. The van der Waals surface area contributed by atoms with E-state index < -0.39 is 6.04 Å². The van der Waals surface area contributed by atoms with Crippen LogP contribution in [-0.2, 0) is 16.0 Å². The molecule has 31 heavy (non-hydrogen) atoms. The van der Waals surface area contributed by atoms with Crippen molar-refractivity contribution in [2.24, 2.45) is 0 Å². The zero-order chi connectivity index (χ0) is 21.8. The normalized spacial score (nSPS) is 13.3. The van der Waals surface area contributed by atoms with Gasteiger partial charge in [0.05, 0.1) is 7.11 Å². The van der Waals surface area contributed by atoms with Crippen LogP contribution in [0.5, 0.6) is 5.75 Å². The van der Waals surface area contributed by atoms with Crippen molar-refractivity contribution < 1.29 is 14.3 Å². The number of fused-ring (bicyclic) bond motifs is 1. The van der Waals surface area contributed by atoms with E-state index in [9.17, 15) is 9.59 Å². The Kier molecular flexibility index (Phi) is 5.89. The summed E-state index contributed by atoms with van der Waals surface area (Å²) in [5.41, 5.74) is 4.43. The molecule has 0 aliphatic carbocycles. The fraction of sp³-hybridized carbons (Fsp3) is 0.200. The number of anilines is 3. The number of hydrogen-bond donors (Lipinski definition) is 2. The van der Waals surface area contributed by atoms with Gasteiger partial charge in [0.1, 0.15) is 11.8 Å². The van der Waals surface area contributed by atoms with Gasteiger partial charge < -0.3 is 20.3 Å². The largest absolute Gasteiger partial charge is 0.497 e. The van der Waals surface area contributed by atoms with Crippen LogP contribution in [0.4, 0.5) is 17.1 Å². The summed E-state index contributed by atoms with van der Waals surface area (Å²) >= 11 is 0. The first kappa shape index (κ1) is 20.5. The van der Waals surface area contributed by atoms with Crippen molar-refractivity contribution in [3.8, 4) is 5.75 Å². The number of ether oxygens (including phenoxy) is 1. The molecule has 6 nitrogen and oxygen atoms in total. The number of carbonyl (C=O) groups excluding carboxylic acids is 2. The van der Waals surface area contributed by atoms with Gasteiger partial charge in [-0.25, -0.2) is 0 Å². The van der Waals surface area contributed by atoms with Crippen LogP contribution in [0, 0.1) is 0 Å². The molecular weight excluding hydrogens is 390 g/mol. The van der Waals surface area contributed by atoms with Gasteiger partial charge >= 0.3 is 0 Å². The highest BCUT2D eigenvalue weighted by atomic mass is 16.5. The van der Waals surface area contributed by atoms with Crippen LogP contribution in [0.3, 0.4) is 0 Å². The van der Waals surface area contributed by atoms with Crippen molar-refractivity contribution in [3.63, 3.8) is 0 Å². The molecule has 0 saturated heterocycles. The van der Waals surface area contributed by atoms with Gasteiger partial charge in [0.2, 0.25) is 5.91 Å². The van der Waals surface area contributed by atoms with E-state index in [2.05, 4.69) is 10.6 Å². The number of nitrogens with zero attached hydrogens (tertiary/aromatic N) is 1. The molecule has 6 heteroatoms. The first-order valence-electron chi connectivity index (χ1n) is 10.2. The van der Waals surface area contributed by atoms with Crippen LogP contribution >= 0.6 is 0 Å². The highest BCUT2D eigenvalue weighted by molar-refractivity contribution is 5.98. The Morgan fingerprint density at radius 2 is 1.68 bits per heavy atom. The number of nitrogens with one attached hydrogen (secondary N) is 2. The molecule has 0 radical (unpaired) electrons. The second-order valence-electron chi connectivity index (χ2n) is 7.47. The SMILES string of the molecule is COc1ccc(NC(=O)C(Nc2ccc3c(c2)CCN3C(C)=O)c2ccccc2)cc1. The number of hydrogen-bond acceptors (Lipinski definition) is 4. The standard InChI is InChI=1S/C25H25N3O3/c1-17(29)28-15-14-19-16-21(10-13-23(19)28)26-24(18-6-4-3-5-7-18)25(30)27-20-8-11-22(31-2)12-9-20/h3-13,16,24,26H,14-15H2,1-2H3,(H,27,30). The number of amides is 2. The summed E-state index contributed by atoms with van der Waals surface area (Å²) in [5.74, 6) is 0.608. The molecule has 3 aromatic rings. The van der Waals surface area contributed by atoms with Gasteiger partial charge in [-0.3, -0.25) is 9.59 Å². The van der Waals surface area contributed by atoms with Gasteiger partial charge in [-0.2, -0.15) is 0 Å². The average molecular weight is 415 g/mol. The summed E-state index contributed by atoms with van der Waals surface area (Å²) in [5, 5.41) is 6.35. The molecule has 158 valence electrons. The molecule has 1 heterocycles. The highest BCUT2D eigenvalue weighted by Crippen LogP contribution is 2.32. The van der Waals surface area contributed by atoms with Gasteiger partial charge in [-0.1, -0.05) is 30.3 Å². The predicted octanol–water partition coefficient (Wildman–Crippen LogP) is 4.40. The van der Waals surface area contributed by atoms with E-state index in [4.69, 9.17) is 4.74 Å². The number of benzene rings is 3. The van der Waals surface area contributed by atoms with Crippen LogP contribution in [-0.4, -0.2) is 25.5 Å². The Morgan fingerprint density at radius 3 is 2.35 bits per heavy atom. The highest BCUT2D eigenvalue weighted by Gasteiger charge is 2.24. The van der Waals surface area contributed by atoms with E-state index in [1.54, 1.807) is 18.9 Å². The molecule has 1 aliphatic heterocycles. The monoisotopic (exact) mass is 415 g/mol. The Morgan fingerprint density at radius 1 is 0.968 bits per heavy atom. The Hall–Kier alpha value is -3.80. The molecule has 4 rings (SSSR count). The van der Waals surface area contributed by atoms with Crippen LogP contribution in [0.2, 0.25) is 0 Å². The lowest BCUT2D eigenvalue weighted by Crippen LogP contribution is -2.27. The van der Waals surface area contributed by atoms with Crippen LogP contribution in [0.15, 0.2) is 72.8 Å². The lowest BCUT2D eigenvalue weighted by molar-refractivity contribution is -0.117. The minimum Gasteiger partial charge on any atom is -0.497 e. The third-order valence-electron chi connectivity index (χ3n) is 5.42. The predicted molar refractivity (Wildman–Crippen MR) is 123 cm³/mol. The molecule has 1 atom stereocenters. The average Bonchev–Trinajstić information content (AvgIpc) is 3.22. The van der Waals surface area contributed by atoms with Crippen molar-refractivity contribution in [2.45, 2.75) is 19.4 Å². The lowest BCUT2D eigenvalue weighted by Gasteiger charge is -2.21. The quantitative estimate of drug-likeness (QED) is 0.626. The van der Waals surface area contributed by atoms with E-state index in [-0.39, 0.29) is 11.8 Å². The van der Waals surface area contributed by atoms with Gasteiger partial charge in [0, 0.05) is 30.5 Å². The number of carbonyl (C=O) groups is 2. The van der Waals surface area contributed by atoms with Gasteiger partial charge in [0.15, 0.2) is 0 Å². The molecule has 2 N–H and O–H groups in total. The third kappa shape index (κ3) is 4.53. The van der Waals surface area contributed by atoms with Crippen LogP contribution in [0.1, 0.15) is 24.1 Å². The summed E-state index contributed by atoms with van der Waals surface area (Å²) in [6.45, 7) is 2.27. The summed E-state index contributed by atoms with van der Waals surface area (Å²) in [6, 6.07) is 22.1. The molecule has 0 bridgehead atoms. The maximum Gasteiger partial charge on any atom is 0.251 e. The maximum absolute atomic E-state index is 13.2. The first-order valence-corrected chi connectivity index (χ1v) is 10.2. The van der Waals surface area contributed by atoms with Gasteiger partial charge in [-0.15, -0.1) is 0 Å². The van der Waals surface area contributed by atoms with Crippen molar-refractivity contribution >= 4 is 28.9 Å². The van der Waals surface area contributed by atoms with Gasteiger partial charge in [-0.05, 0) is 60.0 Å². The molecule has 2 amide bonds. The Balaban J connectivity index is 1.57. The second-order valence-corrected chi connectivity index (χ2v) is 7.47. The zero-order valence-electron chi connectivity index (χ0n) is 17.6. The molecule has 0 aromatic heterocycles. The van der Waals surface area contributed by atoms with Crippen molar-refractivity contribution in [1.82, 2.24) is 0 Å². The second kappa shape index (κ2) is 8.92. The Bertz CT molecular complexity index is 1080. The van der Waals surface area contributed by atoms with Crippen molar-refractivity contribution in [2.75, 3.05) is 29.2 Å². The van der Waals surface area contributed by atoms with Crippen LogP contribution < -0.4 is 20.3 Å². The number of methoxy groups -OCH3 is 1. The van der Waals surface area contributed by atoms with E-state index >= 15 is 0 Å². The molecule has 1 unspecified atom stereocenters. The topological polar surface area (TPSA) is 70.7 Å². The van der Waals surface area contributed by atoms with E-state index in [0.29, 0.717) is 12.2 Å². The first-order chi connectivity index (χ1) is 15.0. The lowest BCUT2D eigenvalue weighted by atomic mass is 10.0. The summed E-state index contributed by atoms with van der Waals surface area (Å²) in [7, 11) is 1.61. The fourth-order valence-corrected chi connectivity index (χ4v) is 3.82.